The van der Waals surface area contributed by atoms with Gasteiger partial charge < -0.3 is 10.8 Å². The van der Waals surface area contributed by atoms with Crippen LogP contribution in [0.4, 0.5) is 0 Å². The van der Waals surface area contributed by atoms with Gasteiger partial charge in [0.1, 0.15) is 10.8 Å². The highest BCUT2D eigenvalue weighted by Crippen LogP contribution is 2.55. The standard InChI is InChI=1S/C18H18ClNO4S/c1-2-11-3-5-12(6-4-11)15-16(18(15,20)17(21)22)25(23,24)14-9-7-13(19)8-10-14/h3-10,15-16H,2,20H2,1H3,(H,21,22)/t15-,16-,18+/m0/s1. The van der Waals surface area contributed by atoms with E-state index in [1.54, 1.807) is 12.1 Å². The molecular weight excluding hydrogens is 362 g/mol. The summed E-state index contributed by atoms with van der Waals surface area (Å²) >= 11 is 5.80. The molecule has 0 saturated heterocycles. The van der Waals surface area contributed by atoms with Crippen molar-refractivity contribution in [2.45, 2.75) is 34.9 Å². The second-order valence-corrected chi connectivity index (χ2v) is 8.74. The van der Waals surface area contributed by atoms with Gasteiger partial charge in [0.15, 0.2) is 9.84 Å². The monoisotopic (exact) mass is 379 g/mol. The van der Waals surface area contributed by atoms with Gasteiger partial charge in [0.25, 0.3) is 0 Å². The van der Waals surface area contributed by atoms with Crippen molar-refractivity contribution in [2.24, 2.45) is 5.73 Å². The second-order valence-electron chi connectivity index (χ2n) is 6.23. The van der Waals surface area contributed by atoms with Crippen molar-refractivity contribution >= 4 is 27.4 Å². The lowest BCUT2D eigenvalue weighted by Crippen LogP contribution is -2.39. The number of carbonyl (C=O) groups is 1. The van der Waals surface area contributed by atoms with E-state index in [1.165, 1.54) is 24.3 Å². The molecule has 3 atom stereocenters. The van der Waals surface area contributed by atoms with Crippen molar-refractivity contribution < 1.29 is 18.3 Å². The van der Waals surface area contributed by atoms with Gasteiger partial charge in [-0.2, -0.15) is 0 Å². The number of carboxylic acid groups (broad SMARTS) is 1. The molecule has 0 heterocycles. The molecule has 25 heavy (non-hydrogen) atoms. The highest BCUT2D eigenvalue weighted by molar-refractivity contribution is 7.92. The molecule has 0 spiro atoms. The van der Waals surface area contributed by atoms with Crippen LogP contribution in [0.2, 0.25) is 5.02 Å². The first-order valence-electron chi connectivity index (χ1n) is 7.83. The van der Waals surface area contributed by atoms with Gasteiger partial charge in [-0.3, -0.25) is 4.79 Å². The maximum Gasteiger partial charge on any atom is 0.325 e. The van der Waals surface area contributed by atoms with Gasteiger partial charge >= 0.3 is 5.97 Å². The van der Waals surface area contributed by atoms with Crippen LogP contribution in [0.1, 0.15) is 24.0 Å². The Balaban J connectivity index is 2.03. The molecule has 3 rings (SSSR count). The predicted octanol–water partition coefficient (Wildman–Crippen LogP) is 2.62. The maximum atomic E-state index is 12.9. The summed E-state index contributed by atoms with van der Waals surface area (Å²) in [7, 11) is -3.91. The molecule has 1 saturated carbocycles. The highest BCUT2D eigenvalue weighted by atomic mass is 35.5. The first kappa shape index (κ1) is 17.9. The van der Waals surface area contributed by atoms with Crippen molar-refractivity contribution in [1.29, 1.82) is 0 Å². The van der Waals surface area contributed by atoms with Crippen LogP contribution in [-0.2, 0) is 21.1 Å². The van der Waals surface area contributed by atoms with E-state index in [2.05, 4.69) is 0 Å². The van der Waals surface area contributed by atoms with Crippen LogP contribution in [0.25, 0.3) is 0 Å². The zero-order valence-electron chi connectivity index (χ0n) is 13.5. The van der Waals surface area contributed by atoms with E-state index in [1.807, 2.05) is 19.1 Å². The Morgan fingerprint density at radius 2 is 1.72 bits per heavy atom. The lowest BCUT2D eigenvalue weighted by molar-refractivity contribution is -0.139. The summed E-state index contributed by atoms with van der Waals surface area (Å²) in [6.07, 6.45) is 0.837. The molecule has 1 aliphatic rings. The smallest absolute Gasteiger partial charge is 0.325 e. The number of aryl methyl sites for hydroxylation is 1. The fraction of sp³-hybridized carbons (Fsp3) is 0.278. The number of benzene rings is 2. The molecule has 5 nitrogen and oxygen atoms in total. The molecule has 7 heteroatoms. The van der Waals surface area contributed by atoms with Crippen LogP contribution in [0.3, 0.4) is 0 Å². The topological polar surface area (TPSA) is 97.5 Å². The molecule has 0 unspecified atom stereocenters. The summed E-state index contributed by atoms with van der Waals surface area (Å²) in [4.78, 5) is 11.7. The Bertz CT molecular complexity index is 909. The number of carboxylic acids is 1. The number of nitrogens with two attached hydrogens (primary N) is 1. The largest absolute Gasteiger partial charge is 0.480 e. The Morgan fingerprint density at radius 1 is 1.16 bits per heavy atom. The number of hydrogen-bond donors (Lipinski definition) is 2. The lowest BCUT2D eigenvalue weighted by Gasteiger charge is -2.07. The number of halogens is 1. The van der Waals surface area contributed by atoms with Crippen LogP contribution < -0.4 is 5.73 Å². The zero-order valence-corrected chi connectivity index (χ0v) is 15.1. The van der Waals surface area contributed by atoms with Crippen LogP contribution >= 0.6 is 11.6 Å². The summed E-state index contributed by atoms with van der Waals surface area (Å²) in [5.74, 6) is -2.11. The van der Waals surface area contributed by atoms with E-state index < -0.39 is 32.5 Å². The highest BCUT2D eigenvalue weighted by Gasteiger charge is 2.74. The fourth-order valence-electron chi connectivity index (χ4n) is 3.25. The van der Waals surface area contributed by atoms with Crippen molar-refractivity contribution in [1.82, 2.24) is 0 Å². The molecule has 0 radical (unpaired) electrons. The van der Waals surface area contributed by atoms with Gasteiger partial charge in [-0.1, -0.05) is 42.8 Å². The number of hydrogen-bond acceptors (Lipinski definition) is 4. The first-order chi connectivity index (χ1) is 11.7. The van der Waals surface area contributed by atoms with Crippen LogP contribution in [-0.4, -0.2) is 30.3 Å². The zero-order chi connectivity index (χ0) is 18.4. The molecule has 0 bridgehead atoms. The molecule has 132 valence electrons. The van der Waals surface area contributed by atoms with E-state index in [0.717, 1.165) is 12.0 Å². The van der Waals surface area contributed by atoms with Gasteiger partial charge in [0.05, 0.1) is 4.90 Å². The molecule has 0 amide bonds. The Labute approximate surface area is 151 Å². The van der Waals surface area contributed by atoms with Gasteiger partial charge in [-0.25, -0.2) is 8.42 Å². The average molecular weight is 380 g/mol. The summed E-state index contributed by atoms with van der Waals surface area (Å²) < 4.78 is 25.9. The number of aliphatic carboxylic acids is 1. The van der Waals surface area contributed by atoms with Crippen molar-refractivity contribution in [3.05, 3.63) is 64.7 Å². The molecule has 2 aromatic carbocycles. The normalized spacial score (nSPS) is 25.6. The Morgan fingerprint density at radius 3 is 2.20 bits per heavy atom. The van der Waals surface area contributed by atoms with Gasteiger partial charge in [0, 0.05) is 10.9 Å². The predicted molar refractivity (Wildman–Crippen MR) is 95.5 cm³/mol. The minimum Gasteiger partial charge on any atom is -0.480 e. The molecule has 1 fully saturated rings. The average Bonchev–Trinajstić information content (AvgIpc) is 3.24. The van der Waals surface area contributed by atoms with Crippen molar-refractivity contribution in [3.63, 3.8) is 0 Å². The molecule has 2 aromatic rings. The maximum absolute atomic E-state index is 12.9. The van der Waals surface area contributed by atoms with Crippen molar-refractivity contribution in [2.75, 3.05) is 0 Å². The Hall–Kier alpha value is -1.89. The third-order valence-electron chi connectivity index (χ3n) is 4.77. The van der Waals surface area contributed by atoms with Crippen molar-refractivity contribution in [3.8, 4) is 0 Å². The summed E-state index contributed by atoms with van der Waals surface area (Å²) in [6.45, 7) is 2.00. The summed E-state index contributed by atoms with van der Waals surface area (Å²) in [5, 5.41) is 8.74. The minimum absolute atomic E-state index is 0.0191. The van der Waals surface area contributed by atoms with Crippen LogP contribution in [0.15, 0.2) is 53.4 Å². The summed E-state index contributed by atoms with van der Waals surface area (Å²) in [6, 6.07) is 12.9. The minimum atomic E-state index is -3.91. The molecule has 3 N–H and O–H groups in total. The first-order valence-corrected chi connectivity index (χ1v) is 9.76. The van der Waals surface area contributed by atoms with Gasteiger partial charge in [-0.15, -0.1) is 0 Å². The fourth-order valence-corrected chi connectivity index (χ4v) is 5.60. The van der Waals surface area contributed by atoms with E-state index in [9.17, 15) is 18.3 Å². The molecular formula is C18H18ClNO4S. The van der Waals surface area contributed by atoms with Crippen LogP contribution in [0.5, 0.6) is 0 Å². The van der Waals surface area contributed by atoms with E-state index in [4.69, 9.17) is 17.3 Å². The van der Waals surface area contributed by atoms with Gasteiger partial charge in [-0.05, 0) is 41.8 Å². The van der Waals surface area contributed by atoms with Crippen LogP contribution in [0, 0.1) is 0 Å². The SMILES string of the molecule is CCc1ccc([C@H]2[C@H](S(=O)(=O)c3ccc(Cl)cc3)[C@@]2(N)C(=O)O)cc1. The van der Waals surface area contributed by atoms with Gasteiger partial charge in [0.2, 0.25) is 0 Å². The third-order valence-corrected chi connectivity index (χ3v) is 7.29. The molecule has 0 aromatic heterocycles. The number of sulfone groups is 1. The third kappa shape index (κ3) is 2.84. The van der Waals surface area contributed by atoms with E-state index in [-0.39, 0.29) is 4.90 Å². The Kier molecular flexibility index (Phi) is 4.39. The van der Waals surface area contributed by atoms with E-state index >= 15 is 0 Å². The lowest BCUT2D eigenvalue weighted by atomic mass is 10.0. The summed E-state index contributed by atoms with van der Waals surface area (Å²) in [5.41, 5.74) is 5.89. The molecule has 0 aliphatic heterocycles. The quantitative estimate of drug-likeness (QED) is 0.832. The van der Waals surface area contributed by atoms with E-state index in [0.29, 0.717) is 10.6 Å². The molecule has 1 aliphatic carbocycles. The number of rotatable bonds is 5. The second kappa shape index (κ2) is 6.12.